The Labute approximate surface area is 239 Å². The van der Waals surface area contributed by atoms with Crippen molar-refractivity contribution in [2.24, 2.45) is 0 Å². The highest BCUT2D eigenvalue weighted by atomic mass is 32.2. The molecule has 2 aromatic carbocycles. The fourth-order valence-corrected chi connectivity index (χ4v) is 5.35. The van der Waals surface area contributed by atoms with E-state index in [9.17, 15) is 12.8 Å². The standard InChI is InChI=1S/C29H26F2N8O2S/c1-39(2)15-17-8-19(13-32-11-17)26-25(31)24-23(14-33-26)37-38-28(24)29-35-22-6-4-5-21(27(22)36-29)18-7-16(9-20(30)10-18)12-34-42(3,40)41/h4-11,13-14,34H,12,15H2,1-3H3,(H,35,36)(H,37,38). The minimum atomic E-state index is -3.46. The zero-order valence-electron chi connectivity index (χ0n) is 22.9. The number of sulfonamides is 1. The molecular formula is C29H26F2N8O2S. The Bertz CT molecular complexity index is 2070. The Kier molecular flexibility index (Phi) is 7.01. The van der Waals surface area contributed by atoms with E-state index in [0.29, 0.717) is 51.2 Å². The topological polar surface area (TPSA) is 133 Å². The van der Waals surface area contributed by atoms with E-state index in [-0.39, 0.29) is 23.3 Å². The second kappa shape index (κ2) is 10.7. The third kappa shape index (κ3) is 5.49. The van der Waals surface area contributed by atoms with Crippen LogP contribution >= 0.6 is 0 Å². The highest BCUT2D eigenvalue weighted by Crippen LogP contribution is 2.35. The van der Waals surface area contributed by atoms with Crippen LogP contribution in [0.15, 0.2) is 61.1 Å². The molecule has 13 heteroatoms. The van der Waals surface area contributed by atoms with E-state index < -0.39 is 21.7 Å². The van der Waals surface area contributed by atoms with E-state index in [2.05, 4.69) is 29.9 Å². The van der Waals surface area contributed by atoms with Crippen molar-refractivity contribution in [3.63, 3.8) is 0 Å². The van der Waals surface area contributed by atoms with Crippen molar-refractivity contribution in [3.8, 4) is 33.9 Å². The number of nitrogens with one attached hydrogen (secondary N) is 3. The molecule has 0 radical (unpaired) electrons. The summed E-state index contributed by atoms with van der Waals surface area (Å²) in [6.07, 6.45) is 5.87. The number of benzene rings is 2. The van der Waals surface area contributed by atoms with Crippen LogP contribution in [0, 0.1) is 11.6 Å². The summed E-state index contributed by atoms with van der Waals surface area (Å²) >= 11 is 0. The first-order valence-corrected chi connectivity index (χ1v) is 14.8. The highest BCUT2D eigenvalue weighted by molar-refractivity contribution is 7.88. The van der Waals surface area contributed by atoms with Crippen LogP contribution < -0.4 is 4.72 Å². The molecule has 0 atom stereocenters. The Morgan fingerprint density at radius 2 is 1.76 bits per heavy atom. The molecule has 0 aliphatic heterocycles. The molecule has 6 rings (SSSR count). The molecule has 0 aliphatic rings. The van der Waals surface area contributed by atoms with E-state index >= 15 is 4.39 Å². The average molecular weight is 589 g/mol. The first kappa shape index (κ1) is 27.6. The molecule has 0 fully saturated rings. The zero-order chi connectivity index (χ0) is 29.6. The van der Waals surface area contributed by atoms with E-state index in [1.807, 2.05) is 25.1 Å². The first-order valence-electron chi connectivity index (χ1n) is 12.9. The third-order valence-electron chi connectivity index (χ3n) is 6.66. The number of H-pyrrole nitrogens is 2. The lowest BCUT2D eigenvalue weighted by Crippen LogP contribution is -2.21. The summed E-state index contributed by atoms with van der Waals surface area (Å²) in [5.74, 6) is -0.765. The molecule has 10 nitrogen and oxygen atoms in total. The minimum absolute atomic E-state index is 0.0616. The minimum Gasteiger partial charge on any atom is -0.337 e. The quantitative estimate of drug-likeness (QED) is 0.236. The summed E-state index contributed by atoms with van der Waals surface area (Å²) in [6, 6.07) is 11.6. The summed E-state index contributed by atoms with van der Waals surface area (Å²) in [5.41, 5.74) is 5.00. The van der Waals surface area contributed by atoms with Crippen molar-refractivity contribution < 1.29 is 17.2 Å². The molecule has 4 aromatic heterocycles. The number of imidazole rings is 1. The van der Waals surface area contributed by atoms with Crippen LogP contribution in [0.3, 0.4) is 0 Å². The number of halogens is 2. The van der Waals surface area contributed by atoms with Gasteiger partial charge in [0, 0.05) is 36.6 Å². The maximum Gasteiger partial charge on any atom is 0.209 e. The van der Waals surface area contributed by atoms with Crippen molar-refractivity contribution >= 4 is 32.0 Å². The Hall–Kier alpha value is -4.59. The normalized spacial score (nSPS) is 12.1. The lowest BCUT2D eigenvalue weighted by Gasteiger charge is -2.10. The second-order valence-electron chi connectivity index (χ2n) is 10.3. The molecule has 0 spiro atoms. The lowest BCUT2D eigenvalue weighted by atomic mass is 10.0. The van der Waals surface area contributed by atoms with Gasteiger partial charge in [-0.25, -0.2) is 26.9 Å². The summed E-state index contributed by atoms with van der Waals surface area (Å²) in [5, 5.41) is 7.40. The maximum atomic E-state index is 16.1. The van der Waals surface area contributed by atoms with Gasteiger partial charge in [-0.1, -0.05) is 12.1 Å². The van der Waals surface area contributed by atoms with Crippen molar-refractivity contribution in [3.05, 3.63) is 83.8 Å². The zero-order valence-corrected chi connectivity index (χ0v) is 23.7. The summed E-state index contributed by atoms with van der Waals surface area (Å²) in [6.45, 7) is 0.581. The van der Waals surface area contributed by atoms with Gasteiger partial charge in [-0.3, -0.25) is 15.1 Å². The number of fused-ring (bicyclic) bond motifs is 2. The molecule has 4 heterocycles. The van der Waals surface area contributed by atoms with Crippen LogP contribution in [0.1, 0.15) is 11.1 Å². The van der Waals surface area contributed by atoms with Gasteiger partial charge >= 0.3 is 0 Å². The molecular weight excluding hydrogens is 562 g/mol. The van der Waals surface area contributed by atoms with Gasteiger partial charge in [-0.05, 0) is 61.1 Å². The van der Waals surface area contributed by atoms with Gasteiger partial charge in [0.15, 0.2) is 11.6 Å². The van der Waals surface area contributed by atoms with Crippen LogP contribution in [0.2, 0.25) is 0 Å². The number of hydrogen-bond donors (Lipinski definition) is 3. The number of aromatic nitrogens is 6. The van der Waals surface area contributed by atoms with Crippen molar-refractivity contribution in [2.75, 3.05) is 20.4 Å². The largest absolute Gasteiger partial charge is 0.337 e. The van der Waals surface area contributed by atoms with Gasteiger partial charge in [0.05, 0.1) is 34.4 Å². The molecule has 0 saturated carbocycles. The lowest BCUT2D eigenvalue weighted by molar-refractivity contribution is 0.402. The van der Waals surface area contributed by atoms with E-state index in [0.717, 1.165) is 11.8 Å². The molecule has 0 saturated heterocycles. The van der Waals surface area contributed by atoms with Gasteiger partial charge in [0.1, 0.15) is 17.2 Å². The van der Waals surface area contributed by atoms with E-state index in [1.165, 1.54) is 18.3 Å². The molecule has 0 unspecified atom stereocenters. The van der Waals surface area contributed by atoms with Crippen LogP contribution in [0.4, 0.5) is 8.78 Å². The fourth-order valence-electron chi connectivity index (χ4n) is 4.92. The smallest absolute Gasteiger partial charge is 0.209 e. The number of para-hydroxylation sites is 1. The van der Waals surface area contributed by atoms with Crippen LogP contribution in [0.25, 0.3) is 55.8 Å². The third-order valence-corrected chi connectivity index (χ3v) is 7.32. The van der Waals surface area contributed by atoms with Crippen LogP contribution in [0.5, 0.6) is 0 Å². The molecule has 6 aromatic rings. The summed E-state index contributed by atoms with van der Waals surface area (Å²) in [4.78, 5) is 18.6. The van der Waals surface area contributed by atoms with E-state index in [4.69, 9.17) is 4.98 Å². The Morgan fingerprint density at radius 1 is 0.952 bits per heavy atom. The van der Waals surface area contributed by atoms with Gasteiger partial charge in [-0.15, -0.1) is 0 Å². The van der Waals surface area contributed by atoms with Crippen molar-refractivity contribution in [1.29, 1.82) is 0 Å². The van der Waals surface area contributed by atoms with Gasteiger partial charge in [0.2, 0.25) is 10.0 Å². The Balaban J connectivity index is 1.43. The maximum absolute atomic E-state index is 16.1. The number of aromatic amines is 2. The monoisotopic (exact) mass is 588 g/mol. The number of hydrogen-bond acceptors (Lipinski definition) is 7. The Morgan fingerprint density at radius 3 is 2.55 bits per heavy atom. The van der Waals surface area contributed by atoms with Gasteiger partial charge in [0.25, 0.3) is 0 Å². The molecule has 0 aliphatic carbocycles. The van der Waals surface area contributed by atoms with Crippen molar-refractivity contribution in [2.45, 2.75) is 13.1 Å². The second-order valence-corrected chi connectivity index (χ2v) is 12.2. The summed E-state index contributed by atoms with van der Waals surface area (Å²) in [7, 11) is 0.425. The van der Waals surface area contributed by atoms with Gasteiger partial charge < -0.3 is 9.88 Å². The van der Waals surface area contributed by atoms with Crippen LogP contribution in [-0.4, -0.2) is 63.8 Å². The fraction of sp³-hybridized carbons (Fsp3) is 0.172. The molecule has 0 bridgehead atoms. The molecule has 3 N–H and O–H groups in total. The van der Waals surface area contributed by atoms with Crippen LogP contribution in [-0.2, 0) is 23.1 Å². The average Bonchev–Trinajstić information content (AvgIpc) is 3.56. The summed E-state index contributed by atoms with van der Waals surface area (Å²) < 4.78 is 56.1. The van der Waals surface area contributed by atoms with Crippen molar-refractivity contribution in [1.82, 2.24) is 39.8 Å². The molecule has 42 heavy (non-hydrogen) atoms. The number of rotatable bonds is 8. The van der Waals surface area contributed by atoms with E-state index in [1.54, 1.807) is 36.7 Å². The first-order chi connectivity index (χ1) is 20.1. The number of nitrogens with zero attached hydrogens (tertiary/aromatic N) is 5. The molecule has 0 amide bonds. The van der Waals surface area contributed by atoms with Gasteiger partial charge in [-0.2, -0.15) is 5.10 Å². The highest BCUT2D eigenvalue weighted by Gasteiger charge is 2.21. The predicted octanol–water partition coefficient (Wildman–Crippen LogP) is 4.62. The SMILES string of the molecule is CN(C)Cc1cncc(-c2ncc3[nH]nc(-c4nc5c(-c6cc(F)cc(CNS(C)(=O)=O)c6)cccc5[nH]4)c3c2F)c1. The number of pyridine rings is 2. The predicted molar refractivity (Wildman–Crippen MR) is 157 cm³/mol. The molecule has 214 valence electrons.